The molecule has 3 aromatic carbocycles. The zero-order valence-corrected chi connectivity index (χ0v) is 19.3. The van der Waals surface area contributed by atoms with Gasteiger partial charge in [-0.25, -0.2) is 0 Å². The molecule has 1 saturated heterocycles. The van der Waals surface area contributed by atoms with Crippen LogP contribution in [0.2, 0.25) is 20.1 Å². The second-order valence-electron chi connectivity index (χ2n) is 6.60. The molecule has 1 aliphatic rings. The molecule has 3 aromatic rings. The van der Waals surface area contributed by atoms with Crippen molar-refractivity contribution in [2.75, 3.05) is 10.7 Å². The van der Waals surface area contributed by atoms with E-state index in [4.69, 9.17) is 51.1 Å². The fraction of sp³-hybridized carbons (Fsp3) is 0.136. The fourth-order valence-electron chi connectivity index (χ4n) is 3.18. The molecule has 0 N–H and O–H groups in total. The molecular weight excluding hydrogens is 484 g/mol. The highest BCUT2D eigenvalue weighted by Gasteiger charge is 2.34. The van der Waals surface area contributed by atoms with Crippen molar-refractivity contribution in [1.29, 1.82) is 0 Å². The van der Waals surface area contributed by atoms with Crippen molar-refractivity contribution in [3.05, 3.63) is 91.9 Å². The number of nitrogens with zero attached hydrogens (tertiary/aromatic N) is 1. The predicted octanol–water partition coefficient (Wildman–Crippen LogP) is 7.66. The number of carbonyl (C=O) groups is 1. The van der Waals surface area contributed by atoms with Crippen LogP contribution in [0.15, 0.2) is 60.7 Å². The Morgan fingerprint density at radius 1 is 0.933 bits per heavy atom. The van der Waals surface area contributed by atoms with Crippen LogP contribution in [0.4, 0.5) is 5.69 Å². The van der Waals surface area contributed by atoms with E-state index in [-0.39, 0.29) is 17.9 Å². The first-order valence-electron chi connectivity index (χ1n) is 8.98. The molecule has 1 atom stereocenters. The summed E-state index contributed by atoms with van der Waals surface area (Å²) in [6.45, 7) is 0.242. The summed E-state index contributed by atoms with van der Waals surface area (Å²) in [5, 5.41) is 1.73. The van der Waals surface area contributed by atoms with Gasteiger partial charge in [0.2, 0.25) is 5.91 Å². The van der Waals surface area contributed by atoms with Crippen LogP contribution in [0.25, 0.3) is 0 Å². The molecule has 0 spiro atoms. The number of halogens is 4. The number of amides is 1. The van der Waals surface area contributed by atoms with Crippen molar-refractivity contribution < 1.29 is 9.53 Å². The average molecular weight is 499 g/mol. The summed E-state index contributed by atoms with van der Waals surface area (Å²) in [6.07, 6.45) is 0. The first kappa shape index (κ1) is 21.7. The van der Waals surface area contributed by atoms with Crippen molar-refractivity contribution in [2.45, 2.75) is 12.0 Å². The molecular formula is C22H15Cl4NO2S. The number of benzene rings is 3. The first-order chi connectivity index (χ1) is 14.4. The molecule has 3 nitrogen and oxygen atoms in total. The van der Waals surface area contributed by atoms with Gasteiger partial charge in [-0.05, 0) is 48.0 Å². The Hall–Kier alpha value is -1.56. The van der Waals surface area contributed by atoms with Gasteiger partial charge in [0.25, 0.3) is 0 Å². The minimum absolute atomic E-state index is 0.0126. The molecule has 30 heavy (non-hydrogen) atoms. The van der Waals surface area contributed by atoms with E-state index in [0.717, 1.165) is 16.8 Å². The molecule has 1 aliphatic heterocycles. The van der Waals surface area contributed by atoms with Crippen molar-refractivity contribution in [3.8, 4) is 5.75 Å². The Bertz CT molecular complexity index is 1070. The van der Waals surface area contributed by atoms with Crippen LogP contribution in [0.5, 0.6) is 5.75 Å². The Labute approximate surface area is 198 Å². The van der Waals surface area contributed by atoms with E-state index in [1.54, 1.807) is 35.2 Å². The molecule has 0 radical (unpaired) electrons. The van der Waals surface area contributed by atoms with Crippen LogP contribution < -0.4 is 9.64 Å². The van der Waals surface area contributed by atoms with Gasteiger partial charge >= 0.3 is 0 Å². The van der Waals surface area contributed by atoms with Crippen LogP contribution in [0.1, 0.15) is 16.5 Å². The van der Waals surface area contributed by atoms with E-state index in [0.29, 0.717) is 31.6 Å². The van der Waals surface area contributed by atoms with Gasteiger partial charge in [-0.2, -0.15) is 0 Å². The smallest absolute Gasteiger partial charge is 0.238 e. The number of ether oxygens (including phenoxy) is 1. The average Bonchev–Trinajstić information content (AvgIpc) is 3.10. The van der Waals surface area contributed by atoms with E-state index in [1.807, 2.05) is 30.3 Å². The molecule has 0 bridgehead atoms. The van der Waals surface area contributed by atoms with Gasteiger partial charge in [0.05, 0.1) is 15.8 Å². The highest BCUT2D eigenvalue weighted by molar-refractivity contribution is 8.00. The quantitative estimate of drug-likeness (QED) is 0.361. The summed E-state index contributed by atoms with van der Waals surface area (Å²) in [7, 11) is 0. The lowest BCUT2D eigenvalue weighted by Gasteiger charge is -2.25. The van der Waals surface area contributed by atoms with Gasteiger partial charge in [-0.15, -0.1) is 11.8 Å². The Kier molecular flexibility index (Phi) is 6.71. The topological polar surface area (TPSA) is 29.5 Å². The van der Waals surface area contributed by atoms with Gasteiger partial charge < -0.3 is 4.74 Å². The molecule has 154 valence electrons. The zero-order chi connectivity index (χ0) is 21.3. The third-order valence-corrected chi connectivity index (χ3v) is 7.00. The second kappa shape index (κ2) is 9.29. The Morgan fingerprint density at radius 2 is 1.60 bits per heavy atom. The van der Waals surface area contributed by atoms with E-state index in [2.05, 4.69) is 0 Å². The summed E-state index contributed by atoms with van der Waals surface area (Å²) in [6, 6.07) is 18.2. The first-order valence-corrected chi connectivity index (χ1v) is 11.5. The van der Waals surface area contributed by atoms with Gasteiger partial charge in [-0.1, -0.05) is 64.6 Å². The maximum Gasteiger partial charge on any atom is 0.238 e. The van der Waals surface area contributed by atoms with Crippen LogP contribution in [-0.2, 0) is 11.4 Å². The molecule has 0 unspecified atom stereocenters. The molecule has 1 heterocycles. The van der Waals surface area contributed by atoms with E-state index in [9.17, 15) is 4.79 Å². The van der Waals surface area contributed by atoms with Gasteiger partial charge in [0.15, 0.2) is 5.75 Å². The highest BCUT2D eigenvalue weighted by Crippen LogP contribution is 2.45. The van der Waals surface area contributed by atoms with Crippen LogP contribution >= 0.6 is 58.2 Å². The summed E-state index contributed by atoms with van der Waals surface area (Å²) in [4.78, 5) is 14.3. The highest BCUT2D eigenvalue weighted by atomic mass is 35.5. The van der Waals surface area contributed by atoms with Gasteiger partial charge in [-0.3, -0.25) is 9.69 Å². The molecule has 0 aliphatic carbocycles. The monoisotopic (exact) mass is 497 g/mol. The second-order valence-corrected chi connectivity index (χ2v) is 9.32. The van der Waals surface area contributed by atoms with Crippen molar-refractivity contribution >= 4 is 69.8 Å². The number of hydrogen-bond acceptors (Lipinski definition) is 3. The van der Waals surface area contributed by atoms with E-state index >= 15 is 0 Å². The molecule has 0 aromatic heterocycles. The number of hydrogen-bond donors (Lipinski definition) is 0. The minimum atomic E-state index is -0.244. The van der Waals surface area contributed by atoms with E-state index < -0.39 is 0 Å². The number of carbonyl (C=O) groups excluding carboxylic acids is 1. The SMILES string of the molecule is O=C1CS[C@@H](c2cc(Cl)c(OCc3ccccc3Cl)c(Cl)c2)N1c1ccc(Cl)cc1. The van der Waals surface area contributed by atoms with E-state index in [1.165, 1.54) is 11.8 Å². The summed E-state index contributed by atoms with van der Waals surface area (Å²) >= 11 is 26.7. The van der Waals surface area contributed by atoms with Crippen LogP contribution in [-0.4, -0.2) is 11.7 Å². The van der Waals surface area contributed by atoms with Crippen molar-refractivity contribution in [2.24, 2.45) is 0 Å². The van der Waals surface area contributed by atoms with Crippen LogP contribution in [0, 0.1) is 0 Å². The third-order valence-electron chi connectivity index (χ3n) is 4.61. The largest absolute Gasteiger partial charge is 0.486 e. The minimum Gasteiger partial charge on any atom is -0.486 e. The molecule has 1 amide bonds. The zero-order valence-electron chi connectivity index (χ0n) is 15.4. The van der Waals surface area contributed by atoms with Gasteiger partial charge in [0.1, 0.15) is 12.0 Å². The standard InChI is InChI=1S/C22H15Cl4NO2S/c23-15-5-7-16(8-6-15)27-20(28)12-30-22(27)14-9-18(25)21(19(26)10-14)29-11-13-3-1-2-4-17(13)24/h1-10,22H,11-12H2/t22-/m0/s1. The number of rotatable bonds is 5. The lowest BCUT2D eigenvalue weighted by atomic mass is 10.1. The Morgan fingerprint density at radius 3 is 2.27 bits per heavy atom. The lowest BCUT2D eigenvalue weighted by molar-refractivity contribution is -0.115. The maximum atomic E-state index is 12.5. The third kappa shape index (κ3) is 4.53. The van der Waals surface area contributed by atoms with Crippen molar-refractivity contribution in [1.82, 2.24) is 0 Å². The van der Waals surface area contributed by atoms with Gasteiger partial charge in [0, 0.05) is 21.3 Å². The van der Waals surface area contributed by atoms with Crippen LogP contribution in [0.3, 0.4) is 0 Å². The molecule has 1 fully saturated rings. The number of anilines is 1. The lowest BCUT2D eigenvalue weighted by Crippen LogP contribution is -2.27. The van der Waals surface area contributed by atoms with Crippen molar-refractivity contribution in [3.63, 3.8) is 0 Å². The summed E-state index contributed by atoms with van der Waals surface area (Å²) in [5.41, 5.74) is 2.42. The molecule has 8 heteroatoms. The molecule has 0 saturated carbocycles. The summed E-state index contributed by atoms with van der Waals surface area (Å²) in [5.74, 6) is 0.765. The maximum absolute atomic E-state index is 12.5. The normalized spacial score (nSPS) is 16.2. The molecule has 4 rings (SSSR count). The summed E-state index contributed by atoms with van der Waals surface area (Å²) < 4.78 is 5.85. The predicted molar refractivity (Wildman–Crippen MR) is 126 cm³/mol. The fourth-order valence-corrected chi connectivity index (χ4v) is 5.26. The number of thioether (sulfide) groups is 1. The Balaban J connectivity index is 1.59.